The summed E-state index contributed by atoms with van der Waals surface area (Å²) in [6.07, 6.45) is 0. The fourth-order valence-corrected chi connectivity index (χ4v) is 0.548. The quantitative estimate of drug-likeness (QED) is 0.352. The van der Waals surface area contributed by atoms with Crippen LogP contribution in [0.1, 0.15) is 27.7 Å². The summed E-state index contributed by atoms with van der Waals surface area (Å²) in [5, 5.41) is 15.2. The van der Waals surface area contributed by atoms with Gasteiger partial charge in [0.2, 0.25) is 0 Å². The Morgan fingerprint density at radius 3 is 1.69 bits per heavy atom. The summed E-state index contributed by atoms with van der Waals surface area (Å²) in [5.41, 5.74) is -0.0114. The zero-order chi connectivity index (χ0) is 13.4. The van der Waals surface area contributed by atoms with Gasteiger partial charge in [-0.3, -0.25) is 0 Å². The molecule has 0 saturated heterocycles. The van der Waals surface area contributed by atoms with Gasteiger partial charge in [0, 0.05) is 0 Å². The largest absolute Gasteiger partial charge is 0.463 e. The highest BCUT2D eigenvalue weighted by Gasteiger charge is 2.27. The number of hydrogen-bond donors (Lipinski definition) is 4. The van der Waals surface area contributed by atoms with Gasteiger partial charge < -0.3 is 14.9 Å². The Kier molecular flexibility index (Phi) is 9.48. The van der Waals surface area contributed by atoms with Crippen molar-refractivity contribution in [1.29, 1.82) is 0 Å². The second-order valence-corrected chi connectivity index (χ2v) is 6.75. The second kappa shape index (κ2) is 8.22. The number of hydrogen-bond acceptors (Lipinski definition) is 6. The zero-order valence-electron chi connectivity index (χ0n) is 10.2. The van der Waals surface area contributed by atoms with Crippen LogP contribution in [0, 0.1) is 5.41 Å². The molecule has 0 aromatic carbocycles. The second-order valence-electron chi connectivity index (χ2n) is 4.60. The van der Waals surface area contributed by atoms with E-state index in [1.165, 1.54) is 0 Å². The predicted octanol–water partition coefficient (Wildman–Crippen LogP) is 1.12. The molecule has 98 valence electrons. The smallest absolute Gasteiger partial charge is 0.331 e. The highest BCUT2D eigenvalue weighted by atomic mass is 32.2. The van der Waals surface area contributed by atoms with Gasteiger partial charge >= 0.3 is 5.97 Å². The number of ether oxygens (including phenoxy) is 1. The number of carbonyl (C=O) groups excluding carboxylic acids is 1. The van der Waals surface area contributed by atoms with Crippen LogP contribution in [0.3, 0.4) is 0 Å². The Morgan fingerprint density at radius 2 is 1.50 bits per heavy atom. The van der Waals surface area contributed by atoms with Gasteiger partial charge in [0.1, 0.15) is 0 Å². The molecule has 0 unspecified atom stereocenters. The average molecular weight is 270 g/mol. The van der Waals surface area contributed by atoms with Gasteiger partial charge in [0.15, 0.2) is 4.08 Å². The van der Waals surface area contributed by atoms with E-state index in [-0.39, 0.29) is 18.6 Å². The molecule has 0 aliphatic carbocycles. The normalized spacial score (nSPS) is 11.5. The van der Waals surface area contributed by atoms with Crippen molar-refractivity contribution in [2.75, 3.05) is 19.8 Å². The molecular formula is C10H22O4S2. The Balaban J connectivity index is 0. The van der Waals surface area contributed by atoms with Gasteiger partial charge in [-0.1, -0.05) is 20.8 Å². The standard InChI is InChI=1S/C8H16O2S2.C2H6O2/c1-7(2,3)5-10-6(9)8(4,11)12;3-1-2-4/h11-12H,5H2,1-4H3;3-4H,1-2H2. The fourth-order valence-electron chi connectivity index (χ4n) is 0.419. The fraction of sp³-hybridized carbons (Fsp3) is 0.900. The molecule has 0 amide bonds. The van der Waals surface area contributed by atoms with Gasteiger partial charge in [-0.05, 0) is 12.3 Å². The molecule has 16 heavy (non-hydrogen) atoms. The van der Waals surface area contributed by atoms with E-state index in [1.54, 1.807) is 6.92 Å². The van der Waals surface area contributed by atoms with E-state index in [4.69, 9.17) is 14.9 Å². The summed E-state index contributed by atoms with van der Waals surface area (Å²) in [4.78, 5) is 11.1. The first-order valence-corrected chi connectivity index (χ1v) is 5.77. The summed E-state index contributed by atoms with van der Waals surface area (Å²) in [7, 11) is 0. The number of aliphatic hydroxyl groups is 2. The van der Waals surface area contributed by atoms with Crippen LogP contribution in [-0.4, -0.2) is 40.1 Å². The van der Waals surface area contributed by atoms with Gasteiger partial charge in [-0.2, -0.15) is 25.3 Å². The van der Waals surface area contributed by atoms with Crippen molar-refractivity contribution < 1.29 is 19.7 Å². The maximum atomic E-state index is 11.1. The molecule has 6 heteroatoms. The minimum Gasteiger partial charge on any atom is -0.463 e. The first-order valence-electron chi connectivity index (χ1n) is 4.88. The van der Waals surface area contributed by atoms with Crippen LogP contribution < -0.4 is 0 Å². The third-order valence-corrected chi connectivity index (χ3v) is 1.49. The summed E-state index contributed by atoms with van der Waals surface area (Å²) < 4.78 is 3.98. The van der Waals surface area contributed by atoms with Gasteiger partial charge in [0.05, 0.1) is 19.8 Å². The molecule has 0 atom stereocenters. The topological polar surface area (TPSA) is 66.8 Å². The lowest BCUT2D eigenvalue weighted by atomic mass is 9.99. The van der Waals surface area contributed by atoms with Crippen LogP contribution in [0.5, 0.6) is 0 Å². The summed E-state index contributed by atoms with van der Waals surface area (Å²) >= 11 is 7.94. The lowest BCUT2D eigenvalue weighted by Crippen LogP contribution is -2.28. The van der Waals surface area contributed by atoms with Crippen LogP contribution in [0.4, 0.5) is 0 Å². The Labute approximate surface area is 108 Å². The molecule has 0 rings (SSSR count). The lowest BCUT2D eigenvalue weighted by Gasteiger charge is -2.21. The molecule has 0 fully saturated rings. The van der Waals surface area contributed by atoms with Crippen LogP contribution in [-0.2, 0) is 9.53 Å². The molecule has 0 aromatic rings. The third-order valence-electron chi connectivity index (χ3n) is 1.12. The predicted molar refractivity (Wildman–Crippen MR) is 71.0 cm³/mol. The van der Waals surface area contributed by atoms with Gasteiger partial charge in [-0.25, -0.2) is 4.79 Å². The lowest BCUT2D eigenvalue weighted by molar-refractivity contribution is -0.146. The van der Waals surface area contributed by atoms with E-state index in [2.05, 4.69) is 25.3 Å². The minimum absolute atomic E-state index is 0.0114. The monoisotopic (exact) mass is 270 g/mol. The Hall–Kier alpha value is 0.0900. The maximum absolute atomic E-state index is 11.1. The number of carbonyl (C=O) groups is 1. The summed E-state index contributed by atoms with van der Waals surface area (Å²) in [6.45, 7) is 7.71. The van der Waals surface area contributed by atoms with Gasteiger partial charge in [-0.15, -0.1) is 0 Å². The molecule has 2 N–H and O–H groups in total. The molecule has 0 aliphatic heterocycles. The highest BCUT2D eigenvalue weighted by molar-refractivity contribution is 8.01. The SMILES string of the molecule is CC(C)(C)COC(=O)C(C)(S)S.OCCO. The van der Waals surface area contributed by atoms with Crippen molar-refractivity contribution in [3.05, 3.63) is 0 Å². The zero-order valence-corrected chi connectivity index (χ0v) is 12.0. The first kappa shape index (κ1) is 18.5. The van der Waals surface area contributed by atoms with Crippen LogP contribution in [0.2, 0.25) is 0 Å². The molecule has 4 nitrogen and oxygen atoms in total. The summed E-state index contributed by atoms with van der Waals surface area (Å²) in [6, 6.07) is 0. The van der Waals surface area contributed by atoms with Crippen molar-refractivity contribution >= 4 is 31.2 Å². The van der Waals surface area contributed by atoms with Crippen LogP contribution >= 0.6 is 25.3 Å². The van der Waals surface area contributed by atoms with E-state index in [1.807, 2.05) is 20.8 Å². The molecule has 0 radical (unpaired) electrons. The maximum Gasteiger partial charge on any atom is 0.331 e. The number of rotatable bonds is 3. The van der Waals surface area contributed by atoms with Crippen molar-refractivity contribution in [1.82, 2.24) is 0 Å². The summed E-state index contributed by atoms with van der Waals surface area (Å²) in [5.74, 6) is -0.399. The molecule has 0 spiro atoms. The molecule has 0 aromatic heterocycles. The average Bonchev–Trinajstić information content (AvgIpc) is 2.12. The Bertz CT molecular complexity index is 192. The molecule has 0 aliphatic rings. The number of aliphatic hydroxyl groups excluding tert-OH is 2. The van der Waals surface area contributed by atoms with E-state index in [0.29, 0.717) is 6.61 Å². The molecule has 0 bridgehead atoms. The van der Waals surface area contributed by atoms with Crippen molar-refractivity contribution in [2.24, 2.45) is 5.41 Å². The van der Waals surface area contributed by atoms with E-state index < -0.39 is 10.0 Å². The third kappa shape index (κ3) is 14.1. The molecule has 0 heterocycles. The Morgan fingerprint density at radius 1 is 1.12 bits per heavy atom. The van der Waals surface area contributed by atoms with E-state index in [9.17, 15) is 4.79 Å². The first-order chi connectivity index (χ1) is 7.04. The molecule has 0 saturated carbocycles. The highest BCUT2D eigenvalue weighted by Crippen LogP contribution is 2.22. The molecular weight excluding hydrogens is 248 g/mol. The van der Waals surface area contributed by atoms with Crippen molar-refractivity contribution in [2.45, 2.75) is 31.8 Å². The van der Waals surface area contributed by atoms with E-state index >= 15 is 0 Å². The van der Waals surface area contributed by atoms with Crippen molar-refractivity contribution in [3.8, 4) is 0 Å². The minimum atomic E-state index is -0.995. The number of thiol groups is 2. The van der Waals surface area contributed by atoms with Crippen LogP contribution in [0.25, 0.3) is 0 Å². The van der Waals surface area contributed by atoms with Crippen molar-refractivity contribution in [3.63, 3.8) is 0 Å². The van der Waals surface area contributed by atoms with E-state index in [0.717, 1.165) is 0 Å². The van der Waals surface area contributed by atoms with Crippen LogP contribution in [0.15, 0.2) is 0 Å². The van der Waals surface area contributed by atoms with Gasteiger partial charge in [0.25, 0.3) is 0 Å². The number of esters is 1.